The normalized spacial score (nSPS) is 24.6. The third kappa shape index (κ3) is 3.77. The fraction of sp³-hybridized carbons (Fsp3) is 0.714. The van der Waals surface area contributed by atoms with Crippen molar-refractivity contribution in [3.05, 3.63) is 0 Å². The van der Waals surface area contributed by atoms with E-state index in [1.54, 1.807) is 0 Å². The van der Waals surface area contributed by atoms with Gasteiger partial charge in [0.05, 0.1) is 6.42 Å². The van der Waals surface area contributed by atoms with E-state index >= 15 is 0 Å². The molecule has 1 aliphatic rings. The van der Waals surface area contributed by atoms with Gasteiger partial charge in [-0.05, 0) is 6.92 Å². The van der Waals surface area contributed by atoms with Gasteiger partial charge in [0.15, 0.2) is 0 Å². The molecule has 0 bridgehead atoms. The van der Waals surface area contributed by atoms with Crippen LogP contribution in [0.25, 0.3) is 0 Å². The second kappa shape index (κ2) is 5.58. The summed E-state index contributed by atoms with van der Waals surface area (Å²) in [6.45, 7) is 1.40. The zero-order valence-electron chi connectivity index (χ0n) is 8.42. The van der Waals surface area contributed by atoms with E-state index in [0.29, 0.717) is 0 Å². The van der Waals surface area contributed by atoms with Gasteiger partial charge in [-0.25, -0.2) is 10.1 Å². The van der Waals surface area contributed by atoms with E-state index < -0.39 is 41.4 Å². The maximum absolute atomic E-state index is 12.9. The van der Waals surface area contributed by atoms with E-state index in [0.717, 1.165) is 0 Å². The smallest absolute Gasteiger partial charge is 0.415 e. The van der Waals surface area contributed by atoms with Gasteiger partial charge in [-0.15, -0.1) is 4.33 Å². The highest BCUT2D eigenvalue weighted by atomic mass is 32.2. The Balaban J connectivity index is 2.50. The molecule has 1 fully saturated rings. The fourth-order valence-corrected chi connectivity index (χ4v) is 1.33. The van der Waals surface area contributed by atoms with E-state index in [1.165, 1.54) is 6.92 Å². The van der Waals surface area contributed by atoms with Crippen molar-refractivity contribution in [3.63, 3.8) is 0 Å². The highest BCUT2D eigenvalue weighted by Crippen LogP contribution is 2.32. The lowest BCUT2D eigenvalue weighted by Gasteiger charge is -2.17. The van der Waals surface area contributed by atoms with Crippen LogP contribution >= 0.6 is 12.0 Å². The number of ether oxygens (including phenoxy) is 2. The monoisotopic (exact) mass is 274 g/mol. The van der Waals surface area contributed by atoms with Crippen molar-refractivity contribution < 1.29 is 42.5 Å². The number of carbonyl (C=O) groups excluding carboxylic acids is 2. The lowest BCUT2D eigenvalue weighted by Crippen LogP contribution is -2.34. The summed E-state index contributed by atoms with van der Waals surface area (Å²) < 4.78 is 38.3. The first kappa shape index (κ1) is 14.1. The summed E-state index contributed by atoms with van der Waals surface area (Å²) in [5.74, 6) is -2.56. The summed E-state index contributed by atoms with van der Waals surface area (Å²) in [5, 5.41) is 6.54. The summed E-state index contributed by atoms with van der Waals surface area (Å²) in [4.78, 5) is 21.8. The molecule has 0 spiro atoms. The topological polar surface area (TPSA) is 91.3 Å². The number of rotatable bonds is 5. The molecule has 0 saturated carbocycles. The highest BCUT2D eigenvalue weighted by Gasteiger charge is 2.47. The van der Waals surface area contributed by atoms with E-state index in [2.05, 4.69) is 18.8 Å². The largest absolute Gasteiger partial charge is 0.459 e. The standard InChI is InChI=1S/C7H8F2O7S/c1-3-4(2-5(10)13-3)14-6(11)7(8,9)17-16-15-12/h3-4,12H,2H2,1H3. The number of carbonyl (C=O) groups is 2. The maximum atomic E-state index is 12.9. The van der Waals surface area contributed by atoms with Crippen molar-refractivity contribution in [2.24, 2.45) is 0 Å². The number of hydrogen-bond acceptors (Lipinski definition) is 8. The predicted octanol–water partition coefficient (Wildman–Crippen LogP) is 0.896. The molecule has 1 rings (SSSR count). The minimum Gasteiger partial charge on any atom is -0.459 e. The fourth-order valence-electron chi connectivity index (χ4n) is 1.10. The van der Waals surface area contributed by atoms with Gasteiger partial charge >= 0.3 is 17.2 Å². The number of alkyl halides is 2. The lowest BCUT2D eigenvalue weighted by molar-refractivity contribution is -0.433. The second-order valence-corrected chi connectivity index (χ2v) is 3.90. The molecule has 1 aliphatic heterocycles. The Morgan fingerprint density at radius 1 is 1.65 bits per heavy atom. The van der Waals surface area contributed by atoms with Crippen molar-refractivity contribution >= 4 is 24.0 Å². The Hall–Kier alpha value is -0.970. The van der Waals surface area contributed by atoms with Gasteiger partial charge in [0.1, 0.15) is 24.3 Å². The van der Waals surface area contributed by atoms with Crippen molar-refractivity contribution in [3.8, 4) is 0 Å². The molecule has 2 unspecified atom stereocenters. The Morgan fingerprint density at radius 3 is 2.76 bits per heavy atom. The average Bonchev–Trinajstić information content (AvgIpc) is 2.54. The molecule has 1 saturated heterocycles. The number of halogens is 2. The Labute approximate surface area is 98.0 Å². The van der Waals surface area contributed by atoms with Crippen molar-refractivity contribution in [2.75, 3.05) is 0 Å². The summed E-state index contributed by atoms with van der Waals surface area (Å²) in [6, 6.07) is 0. The maximum Gasteiger partial charge on any atom is 0.415 e. The van der Waals surface area contributed by atoms with Crippen LogP contribution in [-0.4, -0.2) is 34.7 Å². The van der Waals surface area contributed by atoms with Crippen LogP contribution in [-0.2, 0) is 28.4 Å². The lowest BCUT2D eigenvalue weighted by atomic mass is 10.2. The molecule has 0 aromatic rings. The molecular formula is C7H8F2O7S. The van der Waals surface area contributed by atoms with Crippen LogP contribution < -0.4 is 0 Å². The SMILES string of the molecule is CC1OC(=O)CC1OC(=O)C(F)(F)SOOO. The number of hydrogen-bond donors (Lipinski definition) is 1. The Morgan fingerprint density at radius 2 is 2.29 bits per heavy atom. The van der Waals surface area contributed by atoms with Gasteiger partial charge in [0.2, 0.25) is 0 Å². The molecule has 17 heavy (non-hydrogen) atoms. The van der Waals surface area contributed by atoms with Crippen LogP contribution in [0.3, 0.4) is 0 Å². The summed E-state index contributed by atoms with van der Waals surface area (Å²) in [7, 11) is 0. The molecular weight excluding hydrogens is 266 g/mol. The summed E-state index contributed by atoms with van der Waals surface area (Å²) in [6.07, 6.45) is -2.15. The van der Waals surface area contributed by atoms with Gasteiger partial charge in [0.25, 0.3) is 0 Å². The van der Waals surface area contributed by atoms with Crippen LogP contribution in [0.15, 0.2) is 0 Å². The van der Waals surface area contributed by atoms with Crippen molar-refractivity contribution in [1.82, 2.24) is 0 Å². The first-order chi connectivity index (χ1) is 7.86. The van der Waals surface area contributed by atoms with Gasteiger partial charge in [-0.1, -0.05) is 5.04 Å². The third-order valence-corrected chi connectivity index (χ3v) is 2.38. The van der Waals surface area contributed by atoms with Gasteiger partial charge in [0, 0.05) is 0 Å². The molecule has 1 heterocycles. The number of esters is 2. The Bertz CT molecular complexity index is 311. The molecule has 0 aliphatic carbocycles. The molecule has 0 radical (unpaired) electrons. The number of cyclic esters (lactones) is 1. The molecule has 98 valence electrons. The highest BCUT2D eigenvalue weighted by molar-refractivity contribution is 7.96. The van der Waals surface area contributed by atoms with Crippen LogP contribution in [0.2, 0.25) is 0 Å². The molecule has 1 N–H and O–H groups in total. The minimum atomic E-state index is -4.08. The van der Waals surface area contributed by atoms with E-state index in [9.17, 15) is 18.4 Å². The minimum absolute atomic E-state index is 0.287. The van der Waals surface area contributed by atoms with E-state index in [4.69, 9.17) is 5.26 Å². The molecule has 7 nitrogen and oxygen atoms in total. The van der Waals surface area contributed by atoms with Gasteiger partial charge < -0.3 is 9.47 Å². The van der Waals surface area contributed by atoms with Crippen LogP contribution in [0.1, 0.15) is 13.3 Å². The van der Waals surface area contributed by atoms with Gasteiger partial charge in [-0.3, -0.25) is 4.79 Å². The molecule has 10 heteroatoms. The van der Waals surface area contributed by atoms with E-state index in [-0.39, 0.29) is 6.42 Å². The zero-order chi connectivity index (χ0) is 13.1. The molecule has 2 atom stereocenters. The van der Waals surface area contributed by atoms with Crippen LogP contribution in [0.5, 0.6) is 0 Å². The quantitative estimate of drug-likeness (QED) is 0.342. The van der Waals surface area contributed by atoms with Crippen LogP contribution in [0, 0.1) is 0 Å². The molecule has 0 aromatic carbocycles. The average molecular weight is 274 g/mol. The molecule has 0 aromatic heterocycles. The van der Waals surface area contributed by atoms with Crippen molar-refractivity contribution in [2.45, 2.75) is 30.8 Å². The predicted molar refractivity (Wildman–Crippen MR) is 47.4 cm³/mol. The van der Waals surface area contributed by atoms with E-state index in [1.807, 2.05) is 0 Å². The van der Waals surface area contributed by atoms with Gasteiger partial charge in [-0.2, -0.15) is 8.78 Å². The van der Waals surface area contributed by atoms with Crippen LogP contribution in [0.4, 0.5) is 8.78 Å². The third-order valence-electron chi connectivity index (χ3n) is 1.87. The zero-order valence-corrected chi connectivity index (χ0v) is 9.24. The summed E-state index contributed by atoms with van der Waals surface area (Å²) in [5.41, 5.74) is 0. The van der Waals surface area contributed by atoms with Crippen molar-refractivity contribution in [1.29, 1.82) is 0 Å². The summed E-state index contributed by atoms with van der Waals surface area (Å²) >= 11 is -0.734. The Kier molecular flexibility index (Phi) is 4.62. The first-order valence-corrected chi connectivity index (χ1v) is 5.05. The molecule has 0 amide bonds. The first-order valence-electron chi connectivity index (χ1n) is 4.31. The second-order valence-electron chi connectivity index (χ2n) is 3.09.